The van der Waals surface area contributed by atoms with Crippen molar-refractivity contribution >= 4 is 28.2 Å². The van der Waals surface area contributed by atoms with E-state index in [0.717, 1.165) is 29.7 Å². The second-order valence-electron chi connectivity index (χ2n) is 5.00. The number of nitrogens with one attached hydrogen (secondary N) is 1. The van der Waals surface area contributed by atoms with E-state index in [1.165, 1.54) is 17.6 Å². The number of hydrogen-bond donors (Lipinski definition) is 1. The molecule has 1 aliphatic carbocycles. The number of aryl methyl sites for hydroxylation is 1. The third-order valence-corrected chi connectivity index (χ3v) is 4.68. The van der Waals surface area contributed by atoms with Crippen molar-refractivity contribution in [3.63, 3.8) is 0 Å². The van der Waals surface area contributed by atoms with Crippen LogP contribution in [0.25, 0.3) is 0 Å². The van der Waals surface area contributed by atoms with Crippen LogP contribution in [0.1, 0.15) is 22.4 Å². The standard InChI is InChI=1S/C15H14N2O5S/c16-6-10-9-2-1-3-12(9)23-14(10)17-13(18)8-22-15(19)11-7-20-4-5-21-11/h7H,1-5,8H2,(H,17,18). The molecule has 2 aliphatic rings. The second kappa shape index (κ2) is 6.71. The van der Waals surface area contributed by atoms with E-state index in [-0.39, 0.29) is 12.4 Å². The molecule has 0 saturated carbocycles. The van der Waals surface area contributed by atoms with Gasteiger partial charge < -0.3 is 19.5 Å². The Kier molecular flexibility index (Phi) is 4.48. The number of thiophene rings is 1. The van der Waals surface area contributed by atoms with Crippen molar-refractivity contribution in [1.82, 2.24) is 0 Å². The van der Waals surface area contributed by atoms with Gasteiger partial charge in [0, 0.05) is 4.88 Å². The van der Waals surface area contributed by atoms with Gasteiger partial charge in [-0.05, 0) is 24.8 Å². The van der Waals surface area contributed by atoms with E-state index in [2.05, 4.69) is 11.4 Å². The average Bonchev–Trinajstić information content (AvgIpc) is 3.14. The van der Waals surface area contributed by atoms with Gasteiger partial charge in [0.2, 0.25) is 5.76 Å². The molecule has 0 fully saturated rings. The summed E-state index contributed by atoms with van der Waals surface area (Å²) < 4.78 is 14.9. The number of nitrogens with zero attached hydrogens (tertiary/aromatic N) is 1. The highest BCUT2D eigenvalue weighted by molar-refractivity contribution is 7.16. The van der Waals surface area contributed by atoms with Crippen LogP contribution in [0.15, 0.2) is 12.0 Å². The lowest BCUT2D eigenvalue weighted by atomic mass is 10.1. The van der Waals surface area contributed by atoms with Gasteiger partial charge in [-0.3, -0.25) is 4.79 Å². The molecule has 7 nitrogen and oxygen atoms in total. The van der Waals surface area contributed by atoms with E-state index < -0.39 is 18.5 Å². The molecule has 1 aromatic heterocycles. The zero-order valence-corrected chi connectivity index (χ0v) is 13.0. The molecule has 120 valence electrons. The zero-order chi connectivity index (χ0) is 16.2. The van der Waals surface area contributed by atoms with Crippen molar-refractivity contribution in [3.8, 4) is 6.07 Å². The molecule has 1 N–H and O–H groups in total. The number of carbonyl (C=O) groups is 2. The quantitative estimate of drug-likeness (QED) is 0.838. The van der Waals surface area contributed by atoms with Crippen LogP contribution in [0.2, 0.25) is 0 Å². The topological polar surface area (TPSA) is 97.7 Å². The Hall–Kier alpha value is -2.53. The molecule has 0 spiro atoms. The van der Waals surface area contributed by atoms with Crippen LogP contribution in [0, 0.1) is 11.3 Å². The zero-order valence-electron chi connectivity index (χ0n) is 12.2. The highest BCUT2D eigenvalue weighted by Crippen LogP contribution is 2.38. The van der Waals surface area contributed by atoms with Gasteiger partial charge in [0.15, 0.2) is 6.61 Å². The van der Waals surface area contributed by atoms with E-state index >= 15 is 0 Å². The Morgan fingerprint density at radius 3 is 3.00 bits per heavy atom. The maximum atomic E-state index is 11.9. The number of nitriles is 1. The number of carbonyl (C=O) groups excluding carboxylic acids is 2. The van der Waals surface area contributed by atoms with Crippen LogP contribution in [0.4, 0.5) is 5.00 Å². The number of fused-ring (bicyclic) bond motifs is 1. The van der Waals surface area contributed by atoms with Crippen LogP contribution >= 0.6 is 11.3 Å². The lowest BCUT2D eigenvalue weighted by molar-refractivity contribution is -0.148. The molecule has 0 aromatic carbocycles. The Bertz CT molecular complexity index is 716. The molecule has 2 heterocycles. The van der Waals surface area contributed by atoms with Gasteiger partial charge in [0.25, 0.3) is 5.91 Å². The van der Waals surface area contributed by atoms with Crippen LogP contribution in [0.5, 0.6) is 0 Å². The first-order valence-corrected chi connectivity index (χ1v) is 7.97. The normalized spacial score (nSPS) is 15.5. The number of hydrogen-bond acceptors (Lipinski definition) is 7. The Labute approximate surface area is 136 Å². The van der Waals surface area contributed by atoms with Gasteiger partial charge in [-0.2, -0.15) is 5.26 Å². The Balaban J connectivity index is 1.57. The lowest BCUT2D eigenvalue weighted by Gasteiger charge is -2.14. The summed E-state index contributed by atoms with van der Waals surface area (Å²) in [5.41, 5.74) is 1.55. The SMILES string of the molecule is N#Cc1c(NC(=O)COC(=O)C2=COCCO2)sc2c1CCC2. The minimum absolute atomic E-state index is 0.0585. The monoisotopic (exact) mass is 334 g/mol. The fourth-order valence-electron chi connectivity index (χ4n) is 2.45. The Morgan fingerprint density at radius 1 is 1.39 bits per heavy atom. The van der Waals surface area contributed by atoms with Gasteiger partial charge in [-0.1, -0.05) is 0 Å². The van der Waals surface area contributed by atoms with Gasteiger partial charge in [-0.25, -0.2) is 4.79 Å². The smallest absolute Gasteiger partial charge is 0.377 e. The number of amides is 1. The predicted octanol–water partition coefficient (Wildman–Crippen LogP) is 1.48. The molecule has 1 aromatic rings. The minimum atomic E-state index is -0.756. The van der Waals surface area contributed by atoms with Crippen LogP contribution in [0.3, 0.4) is 0 Å². The summed E-state index contributed by atoms with van der Waals surface area (Å²) in [6.45, 7) is 0.184. The van der Waals surface area contributed by atoms with Crippen LogP contribution in [-0.2, 0) is 36.6 Å². The summed E-state index contributed by atoms with van der Waals surface area (Å²) in [6, 6.07) is 2.14. The molecule has 0 saturated heterocycles. The van der Waals surface area contributed by atoms with E-state index in [1.807, 2.05) is 0 Å². The minimum Gasteiger partial charge on any atom is -0.493 e. The maximum absolute atomic E-state index is 11.9. The maximum Gasteiger partial charge on any atom is 0.377 e. The number of esters is 1. The lowest BCUT2D eigenvalue weighted by Crippen LogP contribution is -2.23. The molecular formula is C15H14N2O5S. The van der Waals surface area contributed by atoms with Gasteiger partial charge in [0.1, 0.15) is 30.5 Å². The number of ether oxygens (including phenoxy) is 3. The summed E-state index contributed by atoms with van der Waals surface area (Å²) in [5, 5.41) is 12.4. The van der Waals surface area contributed by atoms with Crippen LogP contribution < -0.4 is 5.32 Å². The summed E-state index contributed by atoms with van der Waals surface area (Å²) in [5.74, 6) is -1.31. The first kappa shape index (κ1) is 15.4. The molecule has 8 heteroatoms. The van der Waals surface area contributed by atoms with Crippen molar-refractivity contribution in [2.75, 3.05) is 25.1 Å². The summed E-state index contributed by atoms with van der Waals surface area (Å²) in [4.78, 5) is 24.7. The third kappa shape index (κ3) is 3.29. The summed E-state index contributed by atoms with van der Waals surface area (Å²) >= 11 is 1.41. The Morgan fingerprint density at radius 2 is 2.26 bits per heavy atom. The molecule has 1 amide bonds. The summed E-state index contributed by atoms with van der Waals surface area (Å²) in [6.07, 6.45) is 4.01. The molecular weight excluding hydrogens is 320 g/mol. The third-order valence-electron chi connectivity index (χ3n) is 3.47. The molecule has 0 radical (unpaired) electrons. The van der Waals surface area contributed by atoms with E-state index in [0.29, 0.717) is 17.2 Å². The van der Waals surface area contributed by atoms with E-state index in [4.69, 9.17) is 14.2 Å². The first-order valence-electron chi connectivity index (χ1n) is 7.15. The highest BCUT2D eigenvalue weighted by atomic mass is 32.1. The molecule has 0 bridgehead atoms. The molecule has 23 heavy (non-hydrogen) atoms. The molecule has 0 atom stereocenters. The molecule has 0 unspecified atom stereocenters. The predicted molar refractivity (Wildman–Crippen MR) is 80.6 cm³/mol. The van der Waals surface area contributed by atoms with E-state index in [1.54, 1.807) is 0 Å². The molecule has 1 aliphatic heterocycles. The van der Waals surface area contributed by atoms with Crippen molar-refractivity contribution in [1.29, 1.82) is 5.26 Å². The van der Waals surface area contributed by atoms with Crippen molar-refractivity contribution in [2.24, 2.45) is 0 Å². The molecule has 3 rings (SSSR count). The fraction of sp³-hybridized carbons (Fsp3) is 0.400. The van der Waals surface area contributed by atoms with Crippen molar-refractivity contribution in [2.45, 2.75) is 19.3 Å². The number of rotatable bonds is 4. The van der Waals surface area contributed by atoms with Crippen molar-refractivity contribution in [3.05, 3.63) is 28.0 Å². The summed E-state index contributed by atoms with van der Waals surface area (Å²) in [7, 11) is 0. The second-order valence-corrected chi connectivity index (χ2v) is 6.10. The van der Waals surface area contributed by atoms with Gasteiger partial charge >= 0.3 is 5.97 Å². The fourth-order valence-corrected chi connectivity index (χ4v) is 3.71. The van der Waals surface area contributed by atoms with Crippen LogP contribution in [-0.4, -0.2) is 31.7 Å². The first-order chi connectivity index (χ1) is 11.2. The van der Waals surface area contributed by atoms with E-state index in [9.17, 15) is 14.9 Å². The largest absolute Gasteiger partial charge is 0.493 e. The van der Waals surface area contributed by atoms with Gasteiger partial charge in [-0.15, -0.1) is 11.3 Å². The van der Waals surface area contributed by atoms with Crippen molar-refractivity contribution < 1.29 is 23.8 Å². The average molecular weight is 334 g/mol. The highest BCUT2D eigenvalue weighted by Gasteiger charge is 2.24. The number of anilines is 1. The van der Waals surface area contributed by atoms with Gasteiger partial charge in [0.05, 0.1) is 5.56 Å².